The molecule has 21 heavy (non-hydrogen) atoms. The van der Waals surface area contributed by atoms with E-state index in [1.165, 1.54) is 11.1 Å². The van der Waals surface area contributed by atoms with E-state index in [0.29, 0.717) is 12.6 Å². The third-order valence-corrected chi connectivity index (χ3v) is 3.87. The van der Waals surface area contributed by atoms with Crippen molar-refractivity contribution in [3.8, 4) is 0 Å². The number of hydrogen-bond acceptors (Lipinski definition) is 2. The smallest absolute Gasteiger partial charge is 0.0657 e. The average molecular weight is 304 g/mol. The Kier molecular flexibility index (Phi) is 6.24. The molecule has 0 bridgehead atoms. The molecule has 0 aromatic heterocycles. The molecule has 1 N–H and O–H groups in total. The summed E-state index contributed by atoms with van der Waals surface area (Å²) in [6.45, 7) is 2.83. The largest absolute Gasteiger partial charge is 0.383 e. The van der Waals surface area contributed by atoms with Gasteiger partial charge in [-0.2, -0.15) is 0 Å². The summed E-state index contributed by atoms with van der Waals surface area (Å²) in [6.07, 6.45) is 0.896. The maximum atomic E-state index is 6.23. The molecule has 0 aliphatic rings. The van der Waals surface area contributed by atoms with Crippen molar-refractivity contribution >= 4 is 11.6 Å². The molecule has 112 valence electrons. The van der Waals surface area contributed by atoms with Gasteiger partial charge in [0.05, 0.1) is 12.6 Å². The molecule has 0 saturated carbocycles. The van der Waals surface area contributed by atoms with Gasteiger partial charge in [-0.15, -0.1) is 0 Å². The first-order valence-corrected chi connectivity index (χ1v) is 7.62. The number of methoxy groups -OCH3 is 1. The lowest BCUT2D eigenvalue weighted by molar-refractivity contribution is 0.162. The minimum atomic E-state index is 0.189. The molecule has 0 spiro atoms. The SMILES string of the molecule is COCC(NC(C)Cc1ccccc1Cl)c1ccccc1. The summed E-state index contributed by atoms with van der Waals surface area (Å²) in [5, 5.41) is 4.45. The molecule has 0 aliphatic heterocycles. The lowest BCUT2D eigenvalue weighted by Gasteiger charge is -2.23. The van der Waals surface area contributed by atoms with Crippen molar-refractivity contribution in [2.45, 2.75) is 25.4 Å². The highest BCUT2D eigenvalue weighted by Gasteiger charge is 2.15. The molecule has 2 aromatic carbocycles. The monoisotopic (exact) mass is 303 g/mol. The van der Waals surface area contributed by atoms with Crippen LogP contribution in [0.25, 0.3) is 0 Å². The fraction of sp³-hybridized carbons (Fsp3) is 0.333. The highest BCUT2D eigenvalue weighted by molar-refractivity contribution is 6.31. The van der Waals surface area contributed by atoms with Gasteiger partial charge in [-0.25, -0.2) is 0 Å². The van der Waals surface area contributed by atoms with Gasteiger partial charge >= 0.3 is 0 Å². The van der Waals surface area contributed by atoms with Crippen molar-refractivity contribution in [1.82, 2.24) is 5.32 Å². The zero-order valence-electron chi connectivity index (χ0n) is 12.6. The normalized spacial score (nSPS) is 13.9. The highest BCUT2D eigenvalue weighted by atomic mass is 35.5. The van der Waals surface area contributed by atoms with Crippen molar-refractivity contribution in [3.05, 3.63) is 70.7 Å². The van der Waals surface area contributed by atoms with E-state index in [-0.39, 0.29) is 6.04 Å². The lowest BCUT2D eigenvalue weighted by Crippen LogP contribution is -2.34. The summed E-state index contributed by atoms with van der Waals surface area (Å²) >= 11 is 6.23. The molecule has 0 heterocycles. The molecular weight excluding hydrogens is 282 g/mol. The maximum Gasteiger partial charge on any atom is 0.0657 e. The van der Waals surface area contributed by atoms with Crippen molar-refractivity contribution < 1.29 is 4.74 Å². The number of nitrogens with one attached hydrogen (secondary N) is 1. The quantitative estimate of drug-likeness (QED) is 0.825. The number of rotatable bonds is 7. The van der Waals surface area contributed by atoms with Crippen LogP contribution in [-0.4, -0.2) is 19.8 Å². The standard InChI is InChI=1S/C18H22ClNO/c1-14(12-16-10-6-7-11-17(16)19)20-18(13-21-2)15-8-4-3-5-9-15/h3-11,14,18,20H,12-13H2,1-2H3. The molecule has 0 fully saturated rings. The fourth-order valence-electron chi connectivity index (χ4n) is 2.49. The first-order chi connectivity index (χ1) is 10.2. The Morgan fingerprint density at radius 1 is 1.05 bits per heavy atom. The van der Waals surface area contributed by atoms with E-state index >= 15 is 0 Å². The van der Waals surface area contributed by atoms with Gasteiger partial charge in [0, 0.05) is 18.2 Å². The van der Waals surface area contributed by atoms with Gasteiger partial charge in [-0.05, 0) is 30.5 Å². The first kappa shape index (κ1) is 16.0. The Bertz CT molecular complexity index is 544. The van der Waals surface area contributed by atoms with Crippen LogP contribution in [0.5, 0.6) is 0 Å². The summed E-state index contributed by atoms with van der Waals surface area (Å²) in [7, 11) is 1.73. The van der Waals surface area contributed by atoms with Crippen molar-refractivity contribution in [2.24, 2.45) is 0 Å². The molecule has 0 saturated heterocycles. The predicted octanol–water partition coefficient (Wildman–Crippen LogP) is 4.25. The molecule has 2 unspecified atom stereocenters. The fourth-order valence-corrected chi connectivity index (χ4v) is 2.70. The van der Waals surface area contributed by atoms with Crippen LogP contribution < -0.4 is 5.32 Å². The van der Waals surface area contributed by atoms with Crippen LogP contribution in [0.3, 0.4) is 0 Å². The Balaban J connectivity index is 2.02. The third kappa shape index (κ3) is 4.85. The molecule has 0 amide bonds. The topological polar surface area (TPSA) is 21.3 Å². The molecule has 2 aromatic rings. The highest BCUT2D eigenvalue weighted by Crippen LogP contribution is 2.19. The Morgan fingerprint density at radius 2 is 1.71 bits per heavy atom. The molecule has 2 nitrogen and oxygen atoms in total. The minimum absolute atomic E-state index is 0.189. The van der Waals surface area contributed by atoms with Crippen molar-refractivity contribution in [3.63, 3.8) is 0 Å². The summed E-state index contributed by atoms with van der Waals surface area (Å²) in [5.74, 6) is 0. The summed E-state index contributed by atoms with van der Waals surface area (Å²) in [4.78, 5) is 0. The molecule has 0 radical (unpaired) electrons. The minimum Gasteiger partial charge on any atom is -0.383 e. The predicted molar refractivity (Wildman–Crippen MR) is 88.8 cm³/mol. The second kappa shape index (κ2) is 8.18. The first-order valence-electron chi connectivity index (χ1n) is 7.24. The zero-order valence-corrected chi connectivity index (χ0v) is 13.3. The zero-order chi connectivity index (χ0) is 15.1. The lowest BCUT2D eigenvalue weighted by atomic mass is 10.0. The summed E-state index contributed by atoms with van der Waals surface area (Å²) in [5.41, 5.74) is 2.41. The number of halogens is 1. The van der Waals surface area contributed by atoms with Crippen molar-refractivity contribution in [2.75, 3.05) is 13.7 Å². The molecule has 2 atom stereocenters. The summed E-state index contributed by atoms with van der Waals surface area (Å²) in [6, 6.07) is 18.9. The van der Waals surface area contributed by atoms with E-state index in [4.69, 9.17) is 16.3 Å². The second-order valence-corrected chi connectivity index (χ2v) is 5.69. The number of benzene rings is 2. The van der Waals surface area contributed by atoms with Crippen LogP contribution in [0.2, 0.25) is 5.02 Å². The van der Waals surface area contributed by atoms with Gasteiger partial charge in [0.1, 0.15) is 0 Å². The van der Waals surface area contributed by atoms with E-state index < -0.39 is 0 Å². The van der Waals surface area contributed by atoms with Gasteiger partial charge in [-0.3, -0.25) is 0 Å². The molecule has 0 aliphatic carbocycles. The van der Waals surface area contributed by atoms with Gasteiger partial charge in [0.25, 0.3) is 0 Å². The van der Waals surface area contributed by atoms with Gasteiger partial charge in [-0.1, -0.05) is 60.1 Å². The van der Waals surface area contributed by atoms with Gasteiger partial charge < -0.3 is 10.1 Å². The van der Waals surface area contributed by atoms with E-state index in [1.807, 2.05) is 24.3 Å². The second-order valence-electron chi connectivity index (χ2n) is 5.28. The van der Waals surface area contributed by atoms with Gasteiger partial charge in [0.2, 0.25) is 0 Å². The van der Waals surface area contributed by atoms with E-state index in [0.717, 1.165) is 11.4 Å². The maximum absolute atomic E-state index is 6.23. The Hall–Kier alpha value is -1.35. The van der Waals surface area contributed by atoms with Crippen LogP contribution in [0.15, 0.2) is 54.6 Å². The average Bonchev–Trinajstić information content (AvgIpc) is 2.50. The number of hydrogen-bond donors (Lipinski definition) is 1. The molecule has 2 rings (SSSR count). The van der Waals surface area contributed by atoms with Crippen LogP contribution in [0.1, 0.15) is 24.1 Å². The Morgan fingerprint density at radius 3 is 2.38 bits per heavy atom. The van der Waals surface area contributed by atoms with Gasteiger partial charge in [0.15, 0.2) is 0 Å². The molecular formula is C18H22ClNO. The van der Waals surface area contributed by atoms with E-state index in [1.54, 1.807) is 7.11 Å². The van der Waals surface area contributed by atoms with Crippen LogP contribution >= 0.6 is 11.6 Å². The Labute approximate surface area is 132 Å². The summed E-state index contributed by atoms with van der Waals surface area (Å²) < 4.78 is 5.34. The number of ether oxygens (including phenoxy) is 1. The molecule has 3 heteroatoms. The third-order valence-electron chi connectivity index (χ3n) is 3.50. The van der Waals surface area contributed by atoms with Crippen LogP contribution in [0, 0.1) is 0 Å². The van der Waals surface area contributed by atoms with Crippen LogP contribution in [0.4, 0.5) is 0 Å². The van der Waals surface area contributed by atoms with E-state index in [9.17, 15) is 0 Å². The van der Waals surface area contributed by atoms with Crippen molar-refractivity contribution in [1.29, 1.82) is 0 Å². The van der Waals surface area contributed by atoms with E-state index in [2.05, 4.69) is 42.6 Å². The van der Waals surface area contributed by atoms with Crippen LogP contribution in [-0.2, 0) is 11.2 Å².